The zero-order chi connectivity index (χ0) is 15.7. The van der Waals surface area contributed by atoms with Crippen molar-refractivity contribution in [3.63, 3.8) is 0 Å². The van der Waals surface area contributed by atoms with Crippen molar-refractivity contribution >= 4 is 0 Å². The highest BCUT2D eigenvalue weighted by molar-refractivity contribution is 5.58. The van der Waals surface area contributed by atoms with Gasteiger partial charge in [-0.2, -0.15) is 0 Å². The van der Waals surface area contributed by atoms with E-state index in [1.165, 1.54) is 6.07 Å². The molecule has 3 nitrogen and oxygen atoms in total. The van der Waals surface area contributed by atoms with Gasteiger partial charge < -0.3 is 4.52 Å². The molecule has 1 fully saturated rings. The molecule has 0 N–H and O–H groups in total. The van der Waals surface area contributed by atoms with Crippen LogP contribution in [0.5, 0.6) is 0 Å². The molecule has 0 aliphatic carbocycles. The lowest BCUT2D eigenvalue weighted by Crippen LogP contribution is -2.38. The maximum absolute atomic E-state index is 13.2. The molecule has 1 aromatic carbocycles. The zero-order valence-corrected chi connectivity index (χ0v) is 11.7. The van der Waals surface area contributed by atoms with Crippen LogP contribution in [0.15, 0.2) is 28.8 Å². The first kappa shape index (κ1) is 15.0. The Balaban J connectivity index is 1.68. The SMILES string of the molecule is Fc1ccc(-c2cc(CN3CCC(F)(F)CC3)on2)cc1F. The van der Waals surface area contributed by atoms with Crippen molar-refractivity contribution < 1.29 is 22.1 Å². The molecule has 2 heterocycles. The van der Waals surface area contributed by atoms with Crippen molar-refractivity contribution in [2.75, 3.05) is 13.1 Å². The number of halogens is 4. The summed E-state index contributed by atoms with van der Waals surface area (Å²) in [6.07, 6.45) is -0.339. The van der Waals surface area contributed by atoms with Gasteiger partial charge in [0.05, 0.1) is 6.54 Å². The average molecular weight is 314 g/mol. The minimum atomic E-state index is -2.59. The molecule has 0 saturated carbocycles. The number of hydrogen-bond acceptors (Lipinski definition) is 3. The number of piperidine rings is 1. The summed E-state index contributed by atoms with van der Waals surface area (Å²) in [6.45, 7) is 0.940. The number of nitrogens with zero attached hydrogens (tertiary/aromatic N) is 2. The Morgan fingerprint density at radius 2 is 1.82 bits per heavy atom. The Bertz CT molecular complexity index is 661. The van der Waals surface area contributed by atoms with Crippen LogP contribution in [-0.2, 0) is 6.54 Å². The van der Waals surface area contributed by atoms with Gasteiger partial charge in [-0.15, -0.1) is 0 Å². The Labute approximate surface area is 124 Å². The van der Waals surface area contributed by atoms with Gasteiger partial charge in [0, 0.05) is 37.6 Å². The van der Waals surface area contributed by atoms with Gasteiger partial charge in [-0.3, -0.25) is 4.90 Å². The van der Waals surface area contributed by atoms with E-state index in [4.69, 9.17) is 4.52 Å². The van der Waals surface area contributed by atoms with Gasteiger partial charge in [0.1, 0.15) is 5.69 Å². The van der Waals surface area contributed by atoms with E-state index in [0.717, 1.165) is 12.1 Å². The van der Waals surface area contributed by atoms with Gasteiger partial charge in [-0.05, 0) is 18.2 Å². The predicted molar refractivity (Wildman–Crippen MR) is 71.3 cm³/mol. The first-order chi connectivity index (χ1) is 10.4. The summed E-state index contributed by atoms with van der Waals surface area (Å²) < 4.78 is 57.4. The van der Waals surface area contributed by atoms with E-state index in [0.29, 0.717) is 23.6 Å². The fourth-order valence-electron chi connectivity index (χ4n) is 2.44. The smallest absolute Gasteiger partial charge is 0.250 e. The Morgan fingerprint density at radius 3 is 2.50 bits per heavy atom. The molecular formula is C15H14F4N2O. The highest BCUT2D eigenvalue weighted by Gasteiger charge is 2.34. The number of rotatable bonds is 3. The van der Waals surface area contributed by atoms with Gasteiger partial charge in [-0.25, -0.2) is 17.6 Å². The third-order valence-corrected chi connectivity index (χ3v) is 3.74. The van der Waals surface area contributed by atoms with Crippen molar-refractivity contribution in [2.24, 2.45) is 0 Å². The molecule has 0 amide bonds. The Morgan fingerprint density at radius 1 is 1.09 bits per heavy atom. The number of aromatic nitrogens is 1. The van der Waals surface area contributed by atoms with Crippen LogP contribution in [0.1, 0.15) is 18.6 Å². The summed E-state index contributed by atoms with van der Waals surface area (Å²) in [7, 11) is 0. The lowest BCUT2D eigenvalue weighted by Gasteiger charge is -2.30. The normalized spacial score (nSPS) is 18.5. The van der Waals surface area contributed by atoms with Crippen LogP contribution in [0.2, 0.25) is 0 Å². The summed E-state index contributed by atoms with van der Waals surface area (Å²) in [5.41, 5.74) is 0.787. The number of hydrogen-bond donors (Lipinski definition) is 0. The molecule has 118 valence electrons. The van der Waals surface area contributed by atoms with Crippen LogP contribution in [0.4, 0.5) is 17.6 Å². The molecule has 1 aromatic heterocycles. The highest BCUT2D eigenvalue weighted by Crippen LogP contribution is 2.29. The van der Waals surface area contributed by atoms with Crippen LogP contribution in [0.25, 0.3) is 11.3 Å². The molecule has 0 unspecified atom stereocenters. The largest absolute Gasteiger partial charge is 0.359 e. The van der Waals surface area contributed by atoms with Crippen molar-refractivity contribution in [1.29, 1.82) is 0 Å². The van der Waals surface area contributed by atoms with Gasteiger partial charge in [0.2, 0.25) is 0 Å². The fraction of sp³-hybridized carbons (Fsp3) is 0.400. The first-order valence-electron chi connectivity index (χ1n) is 6.94. The van der Waals surface area contributed by atoms with Crippen molar-refractivity contribution in [3.05, 3.63) is 41.7 Å². The maximum atomic E-state index is 13.2. The average Bonchev–Trinajstić information content (AvgIpc) is 2.93. The summed E-state index contributed by atoms with van der Waals surface area (Å²) in [6, 6.07) is 5.07. The van der Waals surface area contributed by atoms with Crippen LogP contribution < -0.4 is 0 Å². The van der Waals surface area contributed by atoms with E-state index in [-0.39, 0.29) is 25.9 Å². The Kier molecular flexibility index (Phi) is 3.90. The maximum Gasteiger partial charge on any atom is 0.250 e. The van der Waals surface area contributed by atoms with Crippen molar-refractivity contribution in [1.82, 2.24) is 10.1 Å². The molecule has 1 saturated heterocycles. The molecule has 0 radical (unpaired) electrons. The van der Waals surface area contributed by atoms with E-state index in [9.17, 15) is 17.6 Å². The first-order valence-corrected chi connectivity index (χ1v) is 6.94. The summed E-state index contributed by atoms with van der Waals surface area (Å²) in [5.74, 6) is -3.97. The zero-order valence-electron chi connectivity index (χ0n) is 11.7. The van der Waals surface area contributed by atoms with Crippen LogP contribution >= 0.6 is 0 Å². The number of likely N-dealkylation sites (tertiary alicyclic amines) is 1. The molecule has 0 spiro atoms. The molecule has 7 heteroatoms. The lowest BCUT2D eigenvalue weighted by molar-refractivity contribution is -0.0577. The predicted octanol–water partition coefficient (Wildman–Crippen LogP) is 3.85. The molecule has 0 atom stereocenters. The van der Waals surface area contributed by atoms with Gasteiger partial charge in [0.15, 0.2) is 17.4 Å². The van der Waals surface area contributed by atoms with E-state index in [1.54, 1.807) is 6.07 Å². The second-order valence-corrected chi connectivity index (χ2v) is 5.44. The van der Waals surface area contributed by atoms with E-state index in [1.807, 2.05) is 4.90 Å². The lowest BCUT2D eigenvalue weighted by atomic mass is 10.1. The van der Waals surface area contributed by atoms with Crippen LogP contribution in [0.3, 0.4) is 0 Å². The van der Waals surface area contributed by atoms with E-state index < -0.39 is 17.6 Å². The Hall–Kier alpha value is -1.89. The number of alkyl halides is 2. The molecule has 22 heavy (non-hydrogen) atoms. The third kappa shape index (κ3) is 3.30. The monoisotopic (exact) mass is 314 g/mol. The highest BCUT2D eigenvalue weighted by atomic mass is 19.3. The van der Waals surface area contributed by atoms with E-state index >= 15 is 0 Å². The van der Waals surface area contributed by atoms with Gasteiger partial charge in [-0.1, -0.05) is 5.16 Å². The summed E-state index contributed by atoms with van der Waals surface area (Å²) in [4.78, 5) is 1.85. The van der Waals surface area contributed by atoms with Crippen LogP contribution in [0, 0.1) is 11.6 Å². The van der Waals surface area contributed by atoms with E-state index in [2.05, 4.69) is 5.16 Å². The fourth-order valence-corrected chi connectivity index (χ4v) is 2.44. The molecule has 2 aromatic rings. The topological polar surface area (TPSA) is 29.3 Å². The molecular weight excluding hydrogens is 300 g/mol. The third-order valence-electron chi connectivity index (χ3n) is 3.74. The van der Waals surface area contributed by atoms with Gasteiger partial charge >= 0.3 is 0 Å². The van der Waals surface area contributed by atoms with Crippen molar-refractivity contribution in [3.8, 4) is 11.3 Å². The number of benzene rings is 1. The minimum Gasteiger partial charge on any atom is -0.359 e. The van der Waals surface area contributed by atoms with Gasteiger partial charge in [0.25, 0.3) is 5.92 Å². The summed E-state index contributed by atoms with van der Waals surface area (Å²) in [5, 5.41) is 3.81. The molecule has 1 aliphatic heterocycles. The minimum absolute atomic E-state index is 0.169. The quantitative estimate of drug-likeness (QED) is 0.806. The second-order valence-electron chi connectivity index (χ2n) is 5.44. The standard InChI is InChI=1S/C15H14F4N2O/c16-12-2-1-10(7-13(12)17)14-8-11(22-20-14)9-21-5-3-15(18,19)4-6-21/h1-2,7-8H,3-6,9H2. The molecule has 3 rings (SSSR count). The molecule has 0 bridgehead atoms. The van der Waals surface area contributed by atoms with Crippen molar-refractivity contribution in [2.45, 2.75) is 25.3 Å². The molecule has 1 aliphatic rings. The second kappa shape index (κ2) is 5.72. The summed E-state index contributed by atoms with van der Waals surface area (Å²) >= 11 is 0. The van der Waals surface area contributed by atoms with Crippen LogP contribution in [-0.4, -0.2) is 29.1 Å².